The summed E-state index contributed by atoms with van der Waals surface area (Å²) in [7, 11) is 0. The van der Waals surface area contributed by atoms with Crippen molar-refractivity contribution in [2.24, 2.45) is 0 Å². The molecule has 1 atom stereocenters. The minimum absolute atomic E-state index is 0.0822. The maximum absolute atomic E-state index is 14.0. The summed E-state index contributed by atoms with van der Waals surface area (Å²) in [5, 5.41) is 0. The first-order valence-electron chi connectivity index (χ1n) is 9.35. The smallest absolute Gasteiger partial charge is 0.127 e. The Balaban J connectivity index is 1.45. The number of pyridine rings is 1. The second-order valence-electron chi connectivity index (χ2n) is 6.90. The van der Waals surface area contributed by atoms with Crippen molar-refractivity contribution in [1.82, 2.24) is 9.88 Å². The van der Waals surface area contributed by atoms with Gasteiger partial charge < -0.3 is 4.74 Å². The van der Waals surface area contributed by atoms with Crippen LogP contribution in [0.1, 0.15) is 28.6 Å². The number of nitrogens with zero attached hydrogens (tertiary/aromatic N) is 2. The van der Waals surface area contributed by atoms with Crippen molar-refractivity contribution in [2.45, 2.75) is 19.1 Å². The van der Waals surface area contributed by atoms with Crippen molar-refractivity contribution in [1.29, 1.82) is 0 Å². The van der Waals surface area contributed by atoms with Gasteiger partial charge >= 0.3 is 0 Å². The van der Waals surface area contributed by atoms with E-state index in [4.69, 9.17) is 9.72 Å². The summed E-state index contributed by atoms with van der Waals surface area (Å²) in [6.45, 7) is 2.74. The van der Waals surface area contributed by atoms with E-state index in [1.54, 1.807) is 6.07 Å². The van der Waals surface area contributed by atoms with Crippen molar-refractivity contribution in [3.8, 4) is 0 Å². The van der Waals surface area contributed by atoms with Gasteiger partial charge in [-0.15, -0.1) is 0 Å². The number of aromatic nitrogens is 1. The summed E-state index contributed by atoms with van der Waals surface area (Å²) < 4.78 is 19.9. The van der Waals surface area contributed by atoms with Crippen molar-refractivity contribution in [3.05, 3.63) is 101 Å². The molecule has 4 rings (SSSR count). The zero-order valence-electron chi connectivity index (χ0n) is 15.2. The van der Waals surface area contributed by atoms with Crippen molar-refractivity contribution in [2.75, 3.05) is 19.7 Å². The average Bonchev–Trinajstić information content (AvgIpc) is 2.71. The lowest BCUT2D eigenvalue weighted by Gasteiger charge is -2.32. The lowest BCUT2D eigenvalue weighted by molar-refractivity contribution is -0.0353. The molecule has 1 aromatic heterocycles. The molecular weight excluding hydrogens is 339 g/mol. The Morgan fingerprint density at radius 2 is 1.78 bits per heavy atom. The highest BCUT2D eigenvalue weighted by Gasteiger charge is 2.23. The van der Waals surface area contributed by atoms with Crippen LogP contribution in [-0.2, 0) is 17.7 Å². The SMILES string of the molecule is Fc1ccccc1CN1CCOC(c2cccc(Cc3ccccc3)n2)C1. The Morgan fingerprint density at radius 3 is 2.63 bits per heavy atom. The molecule has 2 aromatic carbocycles. The molecule has 2 heterocycles. The normalized spacial score (nSPS) is 17.7. The van der Waals surface area contributed by atoms with E-state index in [0.717, 1.165) is 36.5 Å². The molecule has 1 fully saturated rings. The molecular formula is C23H23FN2O. The molecule has 0 radical (unpaired) electrons. The summed E-state index contributed by atoms with van der Waals surface area (Å²) in [6.07, 6.45) is 0.724. The lowest BCUT2D eigenvalue weighted by atomic mass is 10.1. The van der Waals surface area contributed by atoms with Crippen LogP contribution in [0.25, 0.3) is 0 Å². The van der Waals surface area contributed by atoms with Crippen LogP contribution in [-0.4, -0.2) is 29.6 Å². The third-order valence-electron chi connectivity index (χ3n) is 4.89. The average molecular weight is 362 g/mol. The predicted octanol–water partition coefficient (Wildman–Crippen LogP) is 4.39. The number of halogens is 1. The minimum Gasteiger partial charge on any atom is -0.369 e. The second-order valence-corrected chi connectivity index (χ2v) is 6.90. The van der Waals surface area contributed by atoms with Crippen LogP contribution in [0.3, 0.4) is 0 Å². The molecule has 0 N–H and O–H groups in total. The Labute approximate surface area is 159 Å². The van der Waals surface area contributed by atoms with Gasteiger partial charge in [0.1, 0.15) is 11.9 Å². The van der Waals surface area contributed by atoms with E-state index in [9.17, 15) is 4.39 Å². The van der Waals surface area contributed by atoms with Crippen LogP contribution in [0, 0.1) is 5.82 Å². The van der Waals surface area contributed by atoms with Gasteiger partial charge in [0.25, 0.3) is 0 Å². The molecule has 0 bridgehead atoms. The lowest BCUT2D eigenvalue weighted by Crippen LogP contribution is -2.38. The second kappa shape index (κ2) is 8.42. The highest BCUT2D eigenvalue weighted by atomic mass is 19.1. The van der Waals surface area contributed by atoms with Gasteiger partial charge in [0.15, 0.2) is 0 Å². The molecule has 1 saturated heterocycles. The summed E-state index contributed by atoms with van der Waals surface area (Å²) in [5.41, 5.74) is 3.95. The Morgan fingerprint density at radius 1 is 0.963 bits per heavy atom. The number of hydrogen-bond donors (Lipinski definition) is 0. The van der Waals surface area contributed by atoms with Crippen molar-refractivity contribution >= 4 is 0 Å². The van der Waals surface area contributed by atoms with Crippen LogP contribution < -0.4 is 0 Å². The van der Waals surface area contributed by atoms with E-state index < -0.39 is 0 Å². The highest BCUT2D eigenvalue weighted by molar-refractivity contribution is 5.23. The molecule has 4 heteroatoms. The Hall–Kier alpha value is -2.56. The molecule has 1 aliphatic rings. The first-order valence-corrected chi connectivity index (χ1v) is 9.35. The number of ether oxygens (including phenoxy) is 1. The van der Waals surface area contributed by atoms with E-state index in [-0.39, 0.29) is 11.9 Å². The van der Waals surface area contributed by atoms with Gasteiger partial charge in [0, 0.05) is 37.3 Å². The van der Waals surface area contributed by atoms with Gasteiger partial charge in [-0.1, -0.05) is 54.6 Å². The first-order chi connectivity index (χ1) is 13.3. The number of benzene rings is 2. The summed E-state index contributed by atoms with van der Waals surface area (Å²) in [5.74, 6) is -0.150. The van der Waals surface area contributed by atoms with Crippen LogP contribution in [0.15, 0.2) is 72.8 Å². The molecule has 138 valence electrons. The van der Waals surface area contributed by atoms with E-state index in [1.807, 2.05) is 42.5 Å². The monoisotopic (exact) mass is 362 g/mol. The summed E-state index contributed by atoms with van der Waals surface area (Å²) >= 11 is 0. The zero-order valence-corrected chi connectivity index (χ0v) is 15.2. The third-order valence-corrected chi connectivity index (χ3v) is 4.89. The topological polar surface area (TPSA) is 25.4 Å². The van der Waals surface area contributed by atoms with Gasteiger partial charge in [-0.2, -0.15) is 0 Å². The quantitative estimate of drug-likeness (QED) is 0.673. The molecule has 0 saturated carbocycles. The van der Waals surface area contributed by atoms with E-state index in [2.05, 4.69) is 23.1 Å². The molecule has 1 unspecified atom stereocenters. The fourth-order valence-corrected chi connectivity index (χ4v) is 3.47. The Bertz CT molecular complexity index is 884. The first kappa shape index (κ1) is 17.8. The van der Waals surface area contributed by atoms with E-state index in [0.29, 0.717) is 13.2 Å². The third kappa shape index (κ3) is 4.59. The van der Waals surface area contributed by atoms with Crippen molar-refractivity contribution < 1.29 is 9.13 Å². The molecule has 0 amide bonds. The number of hydrogen-bond acceptors (Lipinski definition) is 3. The van der Waals surface area contributed by atoms with Crippen LogP contribution >= 0.6 is 0 Å². The molecule has 0 aliphatic carbocycles. The fraction of sp³-hybridized carbons (Fsp3) is 0.261. The summed E-state index contributed by atoms with van der Waals surface area (Å²) in [4.78, 5) is 7.06. The Kier molecular flexibility index (Phi) is 5.56. The van der Waals surface area contributed by atoms with Crippen LogP contribution in [0.5, 0.6) is 0 Å². The van der Waals surface area contributed by atoms with E-state index in [1.165, 1.54) is 11.6 Å². The highest BCUT2D eigenvalue weighted by Crippen LogP contribution is 2.23. The van der Waals surface area contributed by atoms with E-state index >= 15 is 0 Å². The van der Waals surface area contributed by atoms with Crippen LogP contribution in [0.4, 0.5) is 4.39 Å². The molecule has 3 aromatic rings. The largest absolute Gasteiger partial charge is 0.369 e. The van der Waals surface area contributed by atoms with Gasteiger partial charge in [0.2, 0.25) is 0 Å². The number of rotatable bonds is 5. The standard InChI is InChI=1S/C23H23FN2O/c24-21-11-5-4-9-19(21)16-26-13-14-27-23(17-26)22-12-6-10-20(25-22)15-18-7-2-1-3-8-18/h1-12,23H,13-17H2. The molecule has 3 nitrogen and oxygen atoms in total. The predicted molar refractivity (Wildman–Crippen MR) is 104 cm³/mol. The van der Waals surface area contributed by atoms with Crippen molar-refractivity contribution in [3.63, 3.8) is 0 Å². The minimum atomic E-state index is -0.150. The maximum Gasteiger partial charge on any atom is 0.127 e. The summed E-state index contributed by atoms with van der Waals surface area (Å²) in [6, 6.07) is 23.4. The zero-order chi connectivity index (χ0) is 18.5. The van der Waals surface area contributed by atoms with Crippen LogP contribution in [0.2, 0.25) is 0 Å². The molecule has 27 heavy (non-hydrogen) atoms. The van der Waals surface area contributed by atoms with Gasteiger partial charge in [-0.05, 0) is 23.8 Å². The molecule has 1 aliphatic heterocycles. The molecule has 0 spiro atoms. The van der Waals surface area contributed by atoms with Gasteiger partial charge in [0.05, 0.1) is 12.3 Å². The maximum atomic E-state index is 14.0. The van der Waals surface area contributed by atoms with Gasteiger partial charge in [-0.3, -0.25) is 9.88 Å². The fourth-order valence-electron chi connectivity index (χ4n) is 3.47. The van der Waals surface area contributed by atoms with Gasteiger partial charge in [-0.25, -0.2) is 4.39 Å². The number of morpholine rings is 1.